The smallest absolute Gasteiger partial charge is 0.119 e. The molecule has 0 radical (unpaired) electrons. The van der Waals surface area contributed by atoms with E-state index < -0.39 is 6.10 Å². The number of aliphatic hydroxyl groups excluding tert-OH is 1. The first-order valence-electron chi connectivity index (χ1n) is 7.09. The lowest BCUT2D eigenvalue weighted by atomic mass is 10.0. The molecule has 20 heavy (non-hydrogen) atoms. The summed E-state index contributed by atoms with van der Waals surface area (Å²) >= 11 is 3.37. The molecule has 1 aromatic rings. The van der Waals surface area contributed by atoms with Crippen molar-refractivity contribution in [2.45, 2.75) is 18.9 Å². The minimum absolute atomic E-state index is 0.308. The van der Waals surface area contributed by atoms with Gasteiger partial charge in [-0.05, 0) is 49.6 Å². The highest BCUT2D eigenvalue weighted by molar-refractivity contribution is 9.10. The number of hydrogen-bond acceptors (Lipinski definition) is 4. The van der Waals surface area contributed by atoms with Crippen LogP contribution in [-0.4, -0.2) is 44.1 Å². The summed E-state index contributed by atoms with van der Waals surface area (Å²) in [6, 6.07) is 7.61. The molecule has 112 valence electrons. The number of nitrogens with one attached hydrogen (secondary N) is 1. The van der Waals surface area contributed by atoms with E-state index in [1.807, 2.05) is 24.3 Å². The van der Waals surface area contributed by atoms with Crippen LogP contribution in [-0.2, 0) is 4.74 Å². The van der Waals surface area contributed by atoms with Crippen LogP contribution >= 0.6 is 15.9 Å². The number of hydrogen-bond donors (Lipinski definition) is 2. The molecule has 5 heteroatoms. The van der Waals surface area contributed by atoms with Gasteiger partial charge in [-0.25, -0.2) is 0 Å². The van der Waals surface area contributed by atoms with Gasteiger partial charge in [0.25, 0.3) is 0 Å². The molecule has 1 heterocycles. The molecule has 2 rings (SSSR count). The molecule has 0 bridgehead atoms. The molecule has 0 aromatic heterocycles. The summed E-state index contributed by atoms with van der Waals surface area (Å²) in [6.45, 7) is 3.54. The number of halogens is 1. The first-order valence-corrected chi connectivity index (χ1v) is 7.88. The van der Waals surface area contributed by atoms with Gasteiger partial charge in [0, 0.05) is 24.2 Å². The molecule has 0 aliphatic carbocycles. The van der Waals surface area contributed by atoms with Crippen LogP contribution in [0.3, 0.4) is 0 Å². The van der Waals surface area contributed by atoms with E-state index in [1.54, 1.807) is 0 Å². The third-order valence-electron chi connectivity index (χ3n) is 3.41. The van der Waals surface area contributed by atoms with E-state index in [9.17, 15) is 5.11 Å². The van der Waals surface area contributed by atoms with Crippen LogP contribution in [0, 0.1) is 5.92 Å². The number of benzene rings is 1. The normalized spacial score (nSPS) is 17.9. The summed E-state index contributed by atoms with van der Waals surface area (Å²) in [7, 11) is 0. The third-order valence-corrected chi connectivity index (χ3v) is 3.94. The van der Waals surface area contributed by atoms with E-state index in [4.69, 9.17) is 9.47 Å². The molecule has 1 unspecified atom stereocenters. The van der Waals surface area contributed by atoms with Gasteiger partial charge in [0.05, 0.1) is 0 Å². The molecule has 1 aliphatic heterocycles. The van der Waals surface area contributed by atoms with Crippen LogP contribution in [0.1, 0.15) is 12.8 Å². The van der Waals surface area contributed by atoms with Crippen LogP contribution in [0.5, 0.6) is 5.75 Å². The molecule has 0 saturated carbocycles. The molecule has 0 amide bonds. The standard InChI is InChI=1S/C15H22BrNO3/c16-13-1-3-15(4-2-13)20-11-14(18)10-17-9-12-5-7-19-8-6-12/h1-4,12,14,17-18H,5-11H2. The zero-order valence-corrected chi connectivity index (χ0v) is 13.1. The largest absolute Gasteiger partial charge is 0.491 e. The van der Waals surface area contributed by atoms with Crippen molar-refractivity contribution < 1.29 is 14.6 Å². The topological polar surface area (TPSA) is 50.7 Å². The average molecular weight is 344 g/mol. The Morgan fingerprint density at radius 1 is 1.30 bits per heavy atom. The van der Waals surface area contributed by atoms with Crippen LogP contribution in [0.2, 0.25) is 0 Å². The monoisotopic (exact) mass is 343 g/mol. The Labute approximate surface area is 128 Å². The molecular weight excluding hydrogens is 322 g/mol. The van der Waals surface area contributed by atoms with Crippen molar-refractivity contribution in [3.05, 3.63) is 28.7 Å². The van der Waals surface area contributed by atoms with E-state index in [0.717, 1.165) is 42.8 Å². The maximum absolute atomic E-state index is 9.87. The van der Waals surface area contributed by atoms with Crippen LogP contribution in [0.4, 0.5) is 0 Å². The highest BCUT2D eigenvalue weighted by Gasteiger charge is 2.14. The summed E-state index contributed by atoms with van der Waals surface area (Å²) < 4.78 is 11.9. The van der Waals surface area contributed by atoms with Crippen molar-refractivity contribution in [3.63, 3.8) is 0 Å². The van der Waals surface area contributed by atoms with Gasteiger partial charge in [0.2, 0.25) is 0 Å². The lowest BCUT2D eigenvalue weighted by Crippen LogP contribution is -2.35. The van der Waals surface area contributed by atoms with Crippen LogP contribution in [0.15, 0.2) is 28.7 Å². The average Bonchev–Trinajstić information content (AvgIpc) is 2.48. The third kappa shape index (κ3) is 5.79. The molecule has 2 N–H and O–H groups in total. The van der Waals surface area contributed by atoms with E-state index in [2.05, 4.69) is 21.2 Å². The van der Waals surface area contributed by atoms with Gasteiger partial charge >= 0.3 is 0 Å². The zero-order chi connectivity index (χ0) is 14.2. The zero-order valence-electron chi connectivity index (χ0n) is 11.6. The molecule has 1 saturated heterocycles. The first-order chi connectivity index (χ1) is 9.74. The molecule has 4 nitrogen and oxygen atoms in total. The Morgan fingerprint density at radius 2 is 2.00 bits per heavy atom. The maximum atomic E-state index is 9.87. The minimum Gasteiger partial charge on any atom is -0.491 e. The molecule has 1 aliphatic rings. The highest BCUT2D eigenvalue weighted by atomic mass is 79.9. The van der Waals surface area contributed by atoms with Gasteiger partial charge in [-0.1, -0.05) is 15.9 Å². The fraction of sp³-hybridized carbons (Fsp3) is 0.600. The number of rotatable bonds is 7. The fourth-order valence-electron chi connectivity index (χ4n) is 2.19. The predicted octanol–water partition coefficient (Wildman–Crippen LogP) is 2.21. The molecule has 1 atom stereocenters. The second-order valence-corrected chi connectivity index (χ2v) is 6.05. The molecular formula is C15H22BrNO3. The van der Waals surface area contributed by atoms with Gasteiger partial charge in [0.1, 0.15) is 18.5 Å². The van der Waals surface area contributed by atoms with E-state index in [-0.39, 0.29) is 0 Å². The Kier molecular flexibility index (Phi) is 6.79. The van der Waals surface area contributed by atoms with Gasteiger partial charge < -0.3 is 19.9 Å². The summed E-state index contributed by atoms with van der Waals surface area (Å²) in [6.07, 6.45) is 1.73. The first kappa shape index (κ1) is 15.8. The summed E-state index contributed by atoms with van der Waals surface area (Å²) in [4.78, 5) is 0. The lowest BCUT2D eigenvalue weighted by Gasteiger charge is -2.23. The van der Waals surface area contributed by atoms with Crippen molar-refractivity contribution >= 4 is 15.9 Å². The van der Waals surface area contributed by atoms with Crippen LogP contribution < -0.4 is 10.1 Å². The second-order valence-electron chi connectivity index (χ2n) is 5.13. The quantitative estimate of drug-likeness (QED) is 0.796. The second kappa shape index (κ2) is 8.62. The lowest BCUT2D eigenvalue weighted by molar-refractivity contribution is 0.0630. The van der Waals surface area contributed by atoms with Crippen molar-refractivity contribution in [2.24, 2.45) is 5.92 Å². The van der Waals surface area contributed by atoms with E-state index in [0.29, 0.717) is 19.1 Å². The Hall–Kier alpha value is -0.620. The van der Waals surface area contributed by atoms with Crippen molar-refractivity contribution in [3.8, 4) is 5.75 Å². The SMILES string of the molecule is OC(CNCC1CCOCC1)COc1ccc(Br)cc1. The Balaban J connectivity index is 1.57. The molecule has 1 fully saturated rings. The highest BCUT2D eigenvalue weighted by Crippen LogP contribution is 2.16. The van der Waals surface area contributed by atoms with Gasteiger partial charge in [-0.15, -0.1) is 0 Å². The van der Waals surface area contributed by atoms with Gasteiger partial charge in [-0.2, -0.15) is 0 Å². The van der Waals surface area contributed by atoms with Gasteiger partial charge in [0.15, 0.2) is 0 Å². The van der Waals surface area contributed by atoms with E-state index >= 15 is 0 Å². The summed E-state index contributed by atoms with van der Waals surface area (Å²) in [5, 5.41) is 13.2. The Morgan fingerprint density at radius 3 is 2.70 bits per heavy atom. The molecule has 1 aromatic carbocycles. The Bertz CT molecular complexity index is 379. The number of aliphatic hydroxyl groups is 1. The maximum Gasteiger partial charge on any atom is 0.119 e. The van der Waals surface area contributed by atoms with Crippen molar-refractivity contribution in [1.82, 2.24) is 5.32 Å². The summed E-state index contributed by atoms with van der Waals surface area (Å²) in [5.74, 6) is 1.44. The number of ether oxygens (including phenoxy) is 2. The van der Waals surface area contributed by atoms with Crippen molar-refractivity contribution in [2.75, 3.05) is 32.9 Å². The van der Waals surface area contributed by atoms with Gasteiger partial charge in [-0.3, -0.25) is 0 Å². The minimum atomic E-state index is -0.488. The molecule has 0 spiro atoms. The van der Waals surface area contributed by atoms with Crippen LogP contribution in [0.25, 0.3) is 0 Å². The predicted molar refractivity (Wildman–Crippen MR) is 82.1 cm³/mol. The van der Waals surface area contributed by atoms with Crippen molar-refractivity contribution in [1.29, 1.82) is 0 Å². The fourth-order valence-corrected chi connectivity index (χ4v) is 2.45. The summed E-state index contributed by atoms with van der Waals surface area (Å²) in [5.41, 5.74) is 0. The van der Waals surface area contributed by atoms with E-state index in [1.165, 1.54) is 0 Å².